The van der Waals surface area contributed by atoms with Crippen LogP contribution in [-0.2, 0) is 35.3 Å². The van der Waals surface area contributed by atoms with E-state index in [1.165, 1.54) is 6.92 Å². The van der Waals surface area contributed by atoms with E-state index in [1.54, 1.807) is 24.3 Å². The lowest BCUT2D eigenvalue weighted by molar-refractivity contribution is -0.143. The number of benzene rings is 1. The van der Waals surface area contributed by atoms with Gasteiger partial charge >= 0.3 is 11.9 Å². The standard InChI is InChI=1S/C22H32N8O8S/c1-12(32)27-10-39-9-17(21(37)38)29-20(36)16(6-18(33)34)28-19(35)15(23)8-30(11-31)14-4-2-13(3-5-14)7-26-22(24)25/h2-5,11,15-17H,6-10,23H2,1H3,(H,27,32)(H,28,35)(H,29,36)(H,33,34)(H,37,38)(H4,24,25,26). The summed E-state index contributed by atoms with van der Waals surface area (Å²) in [4.78, 5) is 71.8. The molecule has 11 N–H and O–H groups in total. The molecule has 0 fully saturated rings. The number of carbonyl (C=O) groups excluding carboxylic acids is 4. The Labute approximate surface area is 227 Å². The number of carboxylic acid groups (broad SMARTS) is 2. The molecule has 1 aromatic rings. The Balaban J connectivity index is 2.83. The minimum absolute atomic E-state index is 0.0877. The molecule has 0 aromatic heterocycles. The predicted octanol–water partition coefficient (Wildman–Crippen LogP) is -2.68. The van der Waals surface area contributed by atoms with Gasteiger partial charge in [0.05, 0.1) is 12.3 Å². The number of hydrogen-bond acceptors (Lipinski definition) is 9. The van der Waals surface area contributed by atoms with E-state index < -0.39 is 48.3 Å². The van der Waals surface area contributed by atoms with Crippen molar-refractivity contribution in [1.82, 2.24) is 21.3 Å². The molecule has 0 aliphatic carbocycles. The van der Waals surface area contributed by atoms with Gasteiger partial charge in [0.25, 0.3) is 0 Å². The van der Waals surface area contributed by atoms with Gasteiger partial charge in [-0.1, -0.05) is 12.1 Å². The minimum atomic E-state index is -1.65. The fourth-order valence-electron chi connectivity index (χ4n) is 2.95. The van der Waals surface area contributed by atoms with Crippen LogP contribution in [0.2, 0.25) is 0 Å². The lowest BCUT2D eigenvalue weighted by Gasteiger charge is -2.24. The average Bonchev–Trinajstić information content (AvgIpc) is 2.86. The zero-order valence-electron chi connectivity index (χ0n) is 21.0. The molecule has 0 saturated carbocycles. The predicted molar refractivity (Wildman–Crippen MR) is 141 cm³/mol. The number of rotatable bonds is 17. The molecule has 4 amide bonds. The molecule has 16 nitrogen and oxygen atoms in total. The van der Waals surface area contributed by atoms with Crippen LogP contribution in [0.25, 0.3) is 0 Å². The summed E-state index contributed by atoms with van der Waals surface area (Å²) in [5.74, 6) is -5.45. The summed E-state index contributed by atoms with van der Waals surface area (Å²) in [7, 11) is 0. The number of amides is 4. The molecule has 1 aromatic carbocycles. The number of nitrogens with two attached hydrogens (primary N) is 2. The number of carboxylic acids is 2. The molecule has 39 heavy (non-hydrogen) atoms. The summed E-state index contributed by atoms with van der Waals surface area (Å²) < 4.78 is 0. The number of anilines is 1. The van der Waals surface area contributed by atoms with E-state index >= 15 is 0 Å². The van der Waals surface area contributed by atoms with E-state index in [0.717, 1.165) is 22.2 Å². The molecule has 0 aliphatic rings. The number of carbonyl (C=O) groups is 6. The Morgan fingerprint density at radius 1 is 1.05 bits per heavy atom. The Hall–Kier alpha value is -4.38. The van der Waals surface area contributed by atoms with E-state index in [1.807, 2.05) is 0 Å². The van der Waals surface area contributed by atoms with Gasteiger partial charge < -0.3 is 47.8 Å². The van der Waals surface area contributed by atoms with Crippen molar-refractivity contribution in [2.45, 2.75) is 38.0 Å². The second-order valence-corrected chi connectivity index (χ2v) is 9.13. The number of nitrogens with zero attached hydrogens (tertiary/aromatic N) is 1. The largest absolute Gasteiger partial charge is 0.481 e. The maximum Gasteiger partial charge on any atom is 0.327 e. The second-order valence-electron chi connectivity index (χ2n) is 8.10. The zero-order valence-corrected chi connectivity index (χ0v) is 21.8. The molecule has 0 bridgehead atoms. The van der Waals surface area contributed by atoms with Gasteiger partial charge in [0.1, 0.15) is 18.1 Å². The zero-order chi connectivity index (χ0) is 29.5. The second kappa shape index (κ2) is 16.5. The topological polar surface area (TPSA) is 270 Å². The van der Waals surface area contributed by atoms with Gasteiger partial charge in [-0.3, -0.25) is 29.4 Å². The Morgan fingerprint density at radius 3 is 2.18 bits per heavy atom. The van der Waals surface area contributed by atoms with Crippen molar-refractivity contribution in [2.75, 3.05) is 23.1 Å². The molecule has 0 spiro atoms. The van der Waals surface area contributed by atoms with Crippen LogP contribution in [0.15, 0.2) is 24.3 Å². The van der Waals surface area contributed by atoms with Gasteiger partial charge in [0, 0.05) is 31.5 Å². The third-order valence-electron chi connectivity index (χ3n) is 4.94. The first kappa shape index (κ1) is 32.6. The molecule has 17 heteroatoms. The monoisotopic (exact) mass is 568 g/mol. The molecule has 0 radical (unpaired) electrons. The quantitative estimate of drug-likeness (QED) is 0.0306. The molecular formula is C22H32N8O8S. The molecule has 214 valence electrons. The van der Waals surface area contributed by atoms with Crippen molar-refractivity contribution >= 4 is 59.5 Å². The van der Waals surface area contributed by atoms with Crippen molar-refractivity contribution in [3.05, 3.63) is 29.8 Å². The van der Waals surface area contributed by atoms with Crippen molar-refractivity contribution in [2.24, 2.45) is 11.5 Å². The van der Waals surface area contributed by atoms with Crippen molar-refractivity contribution in [1.29, 1.82) is 5.41 Å². The maximum absolute atomic E-state index is 12.7. The summed E-state index contributed by atoms with van der Waals surface area (Å²) in [5, 5.41) is 35.2. The number of thioether (sulfide) groups is 1. The molecule has 3 unspecified atom stereocenters. The number of aliphatic carboxylic acids is 2. The van der Waals surface area contributed by atoms with Gasteiger partial charge in [-0.05, 0) is 17.7 Å². The van der Waals surface area contributed by atoms with Crippen LogP contribution in [0.1, 0.15) is 18.9 Å². The van der Waals surface area contributed by atoms with Crippen LogP contribution in [-0.4, -0.2) is 88.5 Å². The van der Waals surface area contributed by atoms with Crippen molar-refractivity contribution in [3.63, 3.8) is 0 Å². The van der Waals surface area contributed by atoms with Gasteiger partial charge in [-0.25, -0.2) is 4.79 Å². The highest BCUT2D eigenvalue weighted by Crippen LogP contribution is 2.14. The summed E-state index contributed by atoms with van der Waals surface area (Å²) in [6.07, 6.45) is -0.420. The third-order valence-corrected chi connectivity index (χ3v) is 5.86. The number of guanidine groups is 1. The van der Waals surface area contributed by atoms with Crippen LogP contribution < -0.4 is 37.6 Å². The summed E-state index contributed by atoms with van der Waals surface area (Å²) in [6, 6.07) is 2.02. The van der Waals surface area contributed by atoms with E-state index in [0.29, 0.717) is 12.1 Å². The number of nitrogens with one attached hydrogen (secondary N) is 5. The van der Waals surface area contributed by atoms with Crippen LogP contribution in [0.5, 0.6) is 0 Å². The lowest BCUT2D eigenvalue weighted by atomic mass is 10.1. The molecular weight excluding hydrogens is 536 g/mol. The smallest absolute Gasteiger partial charge is 0.327 e. The summed E-state index contributed by atoms with van der Waals surface area (Å²) in [5.41, 5.74) is 12.3. The van der Waals surface area contributed by atoms with E-state index in [2.05, 4.69) is 21.3 Å². The van der Waals surface area contributed by atoms with Crippen molar-refractivity contribution < 1.29 is 39.0 Å². The highest BCUT2D eigenvalue weighted by Gasteiger charge is 2.30. The summed E-state index contributed by atoms with van der Waals surface area (Å²) >= 11 is 1.01. The van der Waals surface area contributed by atoms with Crippen LogP contribution in [0, 0.1) is 5.41 Å². The summed E-state index contributed by atoms with van der Waals surface area (Å²) in [6.45, 7) is 1.24. The fraction of sp³-hybridized carbons (Fsp3) is 0.409. The molecule has 1 rings (SSSR count). The first-order chi connectivity index (χ1) is 18.3. The Kier molecular flexibility index (Phi) is 13.8. The first-order valence-electron chi connectivity index (χ1n) is 11.4. The average molecular weight is 569 g/mol. The molecule has 0 heterocycles. The first-order valence-corrected chi connectivity index (χ1v) is 12.5. The molecule has 0 saturated heterocycles. The highest BCUT2D eigenvalue weighted by atomic mass is 32.2. The van der Waals surface area contributed by atoms with E-state index in [-0.39, 0.29) is 36.6 Å². The fourth-order valence-corrected chi connectivity index (χ4v) is 3.83. The number of hydrogen-bond donors (Lipinski definition) is 9. The molecule has 3 atom stereocenters. The van der Waals surface area contributed by atoms with E-state index in [4.69, 9.17) is 16.9 Å². The normalized spacial score (nSPS) is 12.7. The molecule has 0 aliphatic heterocycles. The van der Waals surface area contributed by atoms with E-state index in [9.17, 15) is 39.0 Å². The highest BCUT2D eigenvalue weighted by molar-refractivity contribution is 7.99. The SMILES string of the molecule is CC(=O)NCSCC(NC(=O)C(CC(=O)O)NC(=O)C(N)CN(C=O)c1ccc(CNC(=N)N)cc1)C(=O)O. The van der Waals surface area contributed by atoms with Crippen molar-refractivity contribution in [3.8, 4) is 0 Å². The van der Waals surface area contributed by atoms with Crippen LogP contribution in [0.3, 0.4) is 0 Å². The van der Waals surface area contributed by atoms with Crippen LogP contribution >= 0.6 is 11.8 Å². The maximum atomic E-state index is 12.7. The van der Waals surface area contributed by atoms with Gasteiger partial charge in [0.2, 0.25) is 24.1 Å². The van der Waals surface area contributed by atoms with Gasteiger partial charge in [-0.2, -0.15) is 0 Å². The van der Waals surface area contributed by atoms with Gasteiger partial charge in [-0.15, -0.1) is 11.8 Å². The lowest BCUT2D eigenvalue weighted by Crippen LogP contribution is -2.57. The third kappa shape index (κ3) is 12.6. The van der Waals surface area contributed by atoms with Gasteiger partial charge in [0.15, 0.2) is 5.96 Å². The Bertz CT molecular complexity index is 1060. The minimum Gasteiger partial charge on any atom is -0.481 e. The Morgan fingerprint density at radius 2 is 1.67 bits per heavy atom. The van der Waals surface area contributed by atoms with Crippen LogP contribution in [0.4, 0.5) is 5.69 Å².